The molecular formula is C8H15N3O2. The van der Waals surface area contributed by atoms with Crippen LogP contribution >= 0.6 is 0 Å². The lowest BCUT2D eigenvalue weighted by atomic mass is 10.0. The highest BCUT2D eigenvalue weighted by Gasteiger charge is 2.20. The molecule has 2 unspecified atom stereocenters. The van der Waals surface area contributed by atoms with Crippen LogP contribution in [-0.2, 0) is 9.53 Å². The summed E-state index contributed by atoms with van der Waals surface area (Å²) in [6.07, 6.45) is 4.98. The first-order valence-electron chi connectivity index (χ1n) is 3.84. The summed E-state index contributed by atoms with van der Waals surface area (Å²) in [5.74, 6) is -1.01. The number of hydrogen-bond donors (Lipinski definition) is 3. The van der Waals surface area contributed by atoms with E-state index in [1.54, 1.807) is 6.92 Å². The third kappa shape index (κ3) is 4.17. The van der Waals surface area contributed by atoms with Crippen molar-refractivity contribution in [1.82, 2.24) is 0 Å². The molecule has 0 radical (unpaired) electrons. The second-order valence-electron chi connectivity index (χ2n) is 2.54. The molecule has 6 N–H and O–H groups in total. The average molecular weight is 185 g/mol. The Balaban J connectivity index is 4.28. The van der Waals surface area contributed by atoms with Crippen molar-refractivity contribution in [3.8, 4) is 0 Å². The highest BCUT2D eigenvalue weighted by molar-refractivity contribution is 5.75. The maximum atomic E-state index is 11.2. The average Bonchev–Trinajstić information content (AvgIpc) is 2.09. The van der Waals surface area contributed by atoms with Gasteiger partial charge in [0.2, 0.25) is 0 Å². The van der Waals surface area contributed by atoms with Crippen molar-refractivity contribution in [3.63, 3.8) is 0 Å². The van der Waals surface area contributed by atoms with Gasteiger partial charge in [-0.2, -0.15) is 0 Å². The van der Waals surface area contributed by atoms with Crippen LogP contribution < -0.4 is 17.2 Å². The Morgan fingerprint density at radius 3 is 2.38 bits per heavy atom. The fourth-order valence-electron chi connectivity index (χ4n) is 0.773. The Labute approximate surface area is 77.2 Å². The number of carbonyl (C=O) groups is 1. The predicted molar refractivity (Wildman–Crippen MR) is 49.9 cm³/mol. The molecule has 0 aliphatic carbocycles. The molecule has 0 aromatic rings. The van der Waals surface area contributed by atoms with Crippen molar-refractivity contribution >= 4 is 5.97 Å². The summed E-state index contributed by atoms with van der Waals surface area (Å²) < 4.78 is 4.64. The van der Waals surface area contributed by atoms with E-state index in [0.717, 1.165) is 12.5 Å². The van der Waals surface area contributed by atoms with Gasteiger partial charge in [-0.3, -0.25) is 4.79 Å². The third-order valence-electron chi connectivity index (χ3n) is 1.42. The van der Waals surface area contributed by atoms with E-state index in [1.807, 2.05) is 0 Å². The van der Waals surface area contributed by atoms with Gasteiger partial charge in [0.1, 0.15) is 6.26 Å². The zero-order valence-corrected chi connectivity index (χ0v) is 7.51. The van der Waals surface area contributed by atoms with Gasteiger partial charge >= 0.3 is 5.97 Å². The normalized spacial score (nSPS) is 16.2. The molecule has 74 valence electrons. The van der Waals surface area contributed by atoms with Crippen molar-refractivity contribution in [1.29, 1.82) is 0 Å². The zero-order chi connectivity index (χ0) is 10.3. The lowest BCUT2D eigenvalue weighted by Crippen LogP contribution is -2.32. The molecule has 0 aliphatic heterocycles. The van der Waals surface area contributed by atoms with Crippen LogP contribution in [0.5, 0.6) is 0 Å². The number of esters is 1. The smallest absolute Gasteiger partial charge is 0.319 e. The molecule has 0 aromatic carbocycles. The van der Waals surface area contributed by atoms with Crippen LogP contribution in [-0.4, -0.2) is 12.0 Å². The largest absolute Gasteiger partial charge is 0.432 e. The van der Waals surface area contributed by atoms with Gasteiger partial charge in [-0.25, -0.2) is 0 Å². The quantitative estimate of drug-likeness (QED) is 0.400. The van der Waals surface area contributed by atoms with Gasteiger partial charge in [-0.05, 0) is 13.1 Å². The van der Waals surface area contributed by atoms with Crippen molar-refractivity contribution in [2.75, 3.05) is 0 Å². The Hall–Kier alpha value is -1.49. The Bertz CT molecular complexity index is 211. The Morgan fingerprint density at radius 2 is 2.00 bits per heavy atom. The molecule has 0 rings (SSSR count). The van der Waals surface area contributed by atoms with Crippen LogP contribution in [0.2, 0.25) is 0 Å². The Kier molecular flexibility index (Phi) is 5.38. The summed E-state index contributed by atoms with van der Waals surface area (Å²) in [7, 11) is 0. The number of ether oxygens (including phenoxy) is 1. The summed E-state index contributed by atoms with van der Waals surface area (Å²) >= 11 is 0. The van der Waals surface area contributed by atoms with Crippen molar-refractivity contribution in [2.24, 2.45) is 23.1 Å². The molecule has 5 nitrogen and oxygen atoms in total. The topological polar surface area (TPSA) is 104 Å². The highest BCUT2D eigenvalue weighted by Crippen LogP contribution is 2.05. The molecule has 0 aliphatic rings. The molecular weight excluding hydrogens is 170 g/mol. The van der Waals surface area contributed by atoms with Crippen molar-refractivity contribution < 1.29 is 9.53 Å². The van der Waals surface area contributed by atoms with Gasteiger partial charge in [0.05, 0.1) is 5.92 Å². The van der Waals surface area contributed by atoms with Crippen molar-refractivity contribution in [3.05, 3.63) is 24.7 Å². The summed E-state index contributed by atoms with van der Waals surface area (Å²) in [4.78, 5) is 11.2. The molecule has 0 saturated carbocycles. The molecule has 0 spiro atoms. The Morgan fingerprint density at radius 1 is 1.38 bits per heavy atom. The number of nitrogens with two attached hydrogens (primary N) is 3. The molecule has 0 aromatic heterocycles. The number of hydrogen-bond acceptors (Lipinski definition) is 5. The maximum absolute atomic E-state index is 11.2. The van der Waals surface area contributed by atoms with Gasteiger partial charge in [0.25, 0.3) is 0 Å². The van der Waals surface area contributed by atoms with E-state index in [1.165, 1.54) is 12.3 Å². The fourth-order valence-corrected chi connectivity index (χ4v) is 0.773. The van der Waals surface area contributed by atoms with Crippen LogP contribution in [0.15, 0.2) is 24.7 Å². The van der Waals surface area contributed by atoms with E-state index in [0.29, 0.717) is 0 Å². The zero-order valence-electron chi connectivity index (χ0n) is 7.51. The van der Waals surface area contributed by atoms with Crippen LogP contribution in [0.3, 0.4) is 0 Å². The van der Waals surface area contributed by atoms with E-state index >= 15 is 0 Å². The van der Waals surface area contributed by atoms with Gasteiger partial charge < -0.3 is 21.9 Å². The first-order valence-corrected chi connectivity index (χ1v) is 3.84. The number of rotatable bonds is 4. The molecule has 0 amide bonds. The summed E-state index contributed by atoms with van der Waals surface area (Å²) in [5.41, 5.74) is 15.7. The predicted octanol–water partition coefficient (Wildman–Crippen LogP) is -0.605. The molecule has 13 heavy (non-hydrogen) atoms. The van der Waals surface area contributed by atoms with Gasteiger partial charge in [-0.1, -0.05) is 6.08 Å². The molecule has 5 heteroatoms. The molecule has 0 saturated heterocycles. The van der Waals surface area contributed by atoms with Crippen LogP contribution in [0.1, 0.15) is 6.92 Å². The van der Waals surface area contributed by atoms with E-state index < -0.39 is 11.9 Å². The minimum absolute atomic E-state index is 0.349. The SMILES string of the molecule is CC(N)C(/C=C/N)C(=O)O/C=C/N. The molecule has 2 atom stereocenters. The summed E-state index contributed by atoms with van der Waals surface area (Å²) in [6, 6.07) is -0.349. The van der Waals surface area contributed by atoms with Crippen LogP contribution in [0.25, 0.3) is 0 Å². The maximum Gasteiger partial charge on any atom is 0.319 e. The molecule has 0 fully saturated rings. The molecule has 0 heterocycles. The van der Waals surface area contributed by atoms with Gasteiger partial charge in [0, 0.05) is 12.2 Å². The molecule has 0 bridgehead atoms. The lowest BCUT2D eigenvalue weighted by molar-refractivity contribution is -0.141. The van der Waals surface area contributed by atoms with E-state index in [-0.39, 0.29) is 6.04 Å². The van der Waals surface area contributed by atoms with Crippen LogP contribution in [0, 0.1) is 5.92 Å². The van der Waals surface area contributed by atoms with E-state index in [9.17, 15) is 4.79 Å². The standard InChI is InChI=1S/C8H15N3O2/c1-6(11)7(2-3-9)8(12)13-5-4-10/h2-7H,9-11H2,1H3/b3-2+,5-4+. The van der Waals surface area contributed by atoms with E-state index in [4.69, 9.17) is 17.2 Å². The minimum atomic E-state index is -0.541. The number of carbonyl (C=O) groups excluding carboxylic acids is 1. The second-order valence-corrected chi connectivity index (χ2v) is 2.54. The first-order chi connectivity index (χ1) is 6.13. The van der Waals surface area contributed by atoms with Crippen LogP contribution in [0.4, 0.5) is 0 Å². The highest BCUT2D eigenvalue weighted by atomic mass is 16.5. The summed E-state index contributed by atoms with van der Waals surface area (Å²) in [5, 5.41) is 0. The minimum Gasteiger partial charge on any atom is -0.432 e. The van der Waals surface area contributed by atoms with Gasteiger partial charge in [0.15, 0.2) is 0 Å². The third-order valence-corrected chi connectivity index (χ3v) is 1.42. The van der Waals surface area contributed by atoms with E-state index in [2.05, 4.69) is 4.74 Å². The first kappa shape index (κ1) is 11.5. The monoisotopic (exact) mass is 185 g/mol. The van der Waals surface area contributed by atoms with Gasteiger partial charge in [-0.15, -0.1) is 0 Å². The second kappa shape index (κ2) is 6.07. The fraction of sp³-hybridized carbons (Fsp3) is 0.375. The van der Waals surface area contributed by atoms with Crippen molar-refractivity contribution in [2.45, 2.75) is 13.0 Å². The lowest BCUT2D eigenvalue weighted by Gasteiger charge is -2.13. The summed E-state index contributed by atoms with van der Waals surface area (Å²) in [6.45, 7) is 1.69.